The largest absolute Gasteiger partial charge is 0.399 e. The molecule has 1 heteroatoms. The van der Waals surface area contributed by atoms with Crippen LogP contribution in [-0.4, -0.2) is 0 Å². The number of rotatable bonds is 9. The first-order valence-corrected chi connectivity index (χ1v) is 7.96. The van der Waals surface area contributed by atoms with Crippen molar-refractivity contribution in [2.24, 2.45) is 11.8 Å². The van der Waals surface area contributed by atoms with E-state index in [2.05, 4.69) is 32.9 Å². The Labute approximate surface area is 119 Å². The van der Waals surface area contributed by atoms with E-state index in [4.69, 9.17) is 5.73 Å². The van der Waals surface area contributed by atoms with Gasteiger partial charge in [0.25, 0.3) is 0 Å². The quantitative estimate of drug-likeness (QED) is 0.588. The minimum atomic E-state index is 0.844. The van der Waals surface area contributed by atoms with Gasteiger partial charge in [-0.3, -0.25) is 0 Å². The van der Waals surface area contributed by atoms with Gasteiger partial charge in [-0.15, -0.1) is 0 Å². The molecule has 0 aliphatic carbocycles. The van der Waals surface area contributed by atoms with E-state index in [1.807, 2.05) is 12.1 Å². The second kappa shape index (κ2) is 9.01. The number of hydrogen-bond donors (Lipinski definition) is 1. The fourth-order valence-corrected chi connectivity index (χ4v) is 2.69. The minimum Gasteiger partial charge on any atom is -0.399 e. The molecule has 0 saturated heterocycles. The Balaban J connectivity index is 2.28. The third kappa shape index (κ3) is 7.25. The summed E-state index contributed by atoms with van der Waals surface area (Å²) in [6, 6.07) is 8.35. The lowest BCUT2D eigenvalue weighted by atomic mass is 9.89. The summed E-state index contributed by atoms with van der Waals surface area (Å²) in [6.45, 7) is 6.97. The van der Waals surface area contributed by atoms with Crippen LogP contribution < -0.4 is 5.73 Å². The molecule has 19 heavy (non-hydrogen) atoms. The van der Waals surface area contributed by atoms with Crippen molar-refractivity contribution in [1.29, 1.82) is 0 Å². The lowest BCUT2D eigenvalue weighted by Crippen LogP contribution is -2.03. The van der Waals surface area contributed by atoms with E-state index in [0.717, 1.165) is 17.5 Å². The molecule has 0 aliphatic rings. The Morgan fingerprint density at radius 3 is 2.21 bits per heavy atom. The van der Waals surface area contributed by atoms with E-state index in [1.54, 1.807) is 0 Å². The van der Waals surface area contributed by atoms with Gasteiger partial charge in [-0.2, -0.15) is 0 Å². The molecule has 0 spiro atoms. The summed E-state index contributed by atoms with van der Waals surface area (Å²) in [4.78, 5) is 0. The first-order valence-electron chi connectivity index (χ1n) is 7.96. The summed E-state index contributed by atoms with van der Waals surface area (Å²) in [7, 11) is 0. The molecular weight excluding hydrogens is 230 g/mol. The molecule has 0 radical (unpaired) electrons. The van der Waals surface area contributed by atoms with E-state index < -0.39 is 0 Å². The highest BCUT2D eigenvalue weighted by atomic mass is 14.5. The van der Waals surface area contributed by atoms with Gasteiger partial charge in [0.15, 0.2) is 0 Å². The highest BCUT2D eigenvalue weighted by Gasteiger charge is 2.08. The van der Waals surface area contributed by atoms with Crippen molar-refractivity contribution >= 4 is 5.69 Å². The summed E-state index contributed by atoms with van der Waals surface area (Å²) in [5, 5.41) is 0. The van der Waals surface area contributed by atoms with Gasteiger partial charge >= 0.3 is 0 Å². The fourth-order valence-electron chi connectivity index (χ4n) is 2.69. The molecule has 108 valence electrons. The van der Waals surface area contributed by atoms with Crippen molar-refractivity contribution in [2.75, 3.05) is 5.73 Å². The van der Waals surface area contributed by atoms with Gasteiger partial charge in [0, 0.05) is 5.69 Å². The van der Waals surface area contributed by atoms with Gasteiger partial charge < -0.3 is 5.73 Å². The third-order valence-electron chi connectivity index (χ3n) is 3.91. The van der Waals surface area contributed by atoms with E-state index in [1.165, 1.54) is 50.5 Å². The van der Waals surface area contributed by atoms with Crippen LogP contribution in [-0.2, 0) is 6.42 Å². The molecule has 0 aromatic heterocycles. The summed E-state index contributed by atoms with van der Waals surface area (Å²) < 4.78 is 0. The number of hydrogen-bond acceptors (Lipinski definition) is 1. The Morgan fingerprint density at radius 1 is 0.947 bits per heavy atom. The molecule has 0 saturated carbocycles. The van der Waals surface area contributed by atoms with Crippen molar-refractivity contribution in [3.8, 4) is 0 Å². The van der Waals surface area contributed by atoms with Crippen LogP contribution in [0.1, 0.15) is 64.9 Å². The first kappa shape index (κ1) is 16.1. The molecule has 1 atom stereocenters. The number of aryl methyl sites for hydroxylation is 1. The Kier molecular flexibility index (Phi) is 7.62. The maximum Gasteiger partial charge on any atom is 0.0314 e. The second-order valence-corrected chi connectivity index (χ2v) is 6.26. The van der Waals surface area contributed by atoms with Gasteiger partial charge in [0.2, 0.25) is 0 Å². The minimum absolute atomic E-state index is 0.844. The van der Waals surface area contributed by atoms with Crippen LogP contribution in [0.25, 0.3) is 0 Å². The highest BCUT2D eigenvalue weighted by molar-refractivity contribution is 5.39. The summed E-state index contributed by atoms with van der Waals surface area (Å²) in [6.07, 6.45) is 9.40. The van der Waals surface area contributed by atoms with Crippen molar-refractivity contribution in [3.63, 3.8) is 0 Å². The van der Waals surface area contributed by atoms with Crippen molar-refractivity contribution in [3.05, 3.63) is 29.8 Å². The molecule has 1 aromatic carbocycles. The summed E-state index contributed by atoms with van der Waals surface area (Å²) >= 11 is 0. The van der Waals surface area contributed by atoms with Gasteiger partial charge in [-0.25, -0.2) is 0 Å². The average molecular weight is 261 g/mol. The van der Waals surface area contributed by atoms with E-state index in [-0.39, 0.29) is 0 Å². The standard InChI is InChI=1S/C18H31N/c1-4-6-16(10-9-15(2)3)7-5-8-17-11-13-18(19)14-12-17/h11-16H,4-10,19H2,1-3H3. The molecule has 0 amide bonds. The van der Waals surface area contributed by atoms with Crippen LogP contribution in [0.3, 0.4) is 0 Å². The highest BCUT2D eigenvalue weighted by Crippen LogP contribution is 2.23. The monoisotopic (exact) mass is 261 g/mol. The van der Waals surface area contributed by atoms with E-state index in [9.17, 15) is 0 Å². The smallest absolute Gasteiger partial charge is 0.0314 e. The van der Waals surface area contributed by atoms with Crippen LogP contribution in [0, 0.1) is 11.8 Å². The lowest BCUT2D eigenvalue weighted by Gasteiger charge is -2.17. The number of nitrogens with two attached hydrogens (primary N) is 1. The SMILES string of the molecule is CCCC(CCCc1ccc(N)cc1)CCC(C)C. The topological polar surface area (TPSA) is 26.0 Å². The molecule has 1 rings (SSSR count). The maximum atomic E-state index is 5.71. The summed E-state index contributed by atoms with van der Waals surface area (Å²) in [5.41, 5.74) is 8.00. The molecule has 2 N–H and O–H groups in total. The molecular formula is C18H31N. The number of benzene rings is 1. The third-order valence-corrected chi connectivity index (χ3v) is 3.91. The van der Waals surface area contributed by atoms with Crippen LogP contribution in [0.15, 0.2) is 24.3 Å². The van der Waals surface area contributed by atoms with Gasteiger partial charge in [-0.1, -0.05) is 65.0 Å². The molecule has 0 aliphatic heterocycles. The Bertz CT molecular complexity index is 326. The van der Waals surface area contributed by atoms with Crippen LogP contribution in [0.4, 0.5) is 5.69 Å². The van der Waals surface area contributed by atoms with Crippen LogP contribution >= 0.6 is 0 Å². The van der Waals surface area contributed by atoms with Crippen molar-refractivity contribution in [2.45, 2.75) is 65.7 Å². The Hall–Kier alpha value is -0.980. The van der Waals surface area contributed by atoms with Gasteiger partial charge in [-0.05, 0) is 42.4 Å². The fraction of sp³-hybridized carbons (Fsp3) is 0.667. The zero-order chi connectivity index (χ0) is 14.1. The van der Waals surface area contributed by atoms with Gasteiger partial charge in [0.05, 0.1) is 0 Å². The van der Waals surface area contributed by atoms with Crippen LogP contribution in [0.5, 0.6) is 0 Å². The molecule has 0 bridgehead atoms. The van der Waals surface area contributed by atoms with E-state index >= 15 is 0 Å². The molecule has 1 nitrogen and oxygen atoms in total. The normalized spacial score (nSPS) is 12.8. The first-order chi connectivity index (χ1) is 9.11. The van der Waals surface area contributed by atoms with Crippen LogP contribution in [0.2, 0.25) is 0 Å². The zero-order valence-corrected chi connectivity index (χ0v) is 13.0. The number of nitrogen functional groups attached to an aromatic ring is 1. The molecule has 1 aromatic rings. The predicted octanol–water partition coefficient (Wildman–Crippen LogP) is 5.44. The van der Waals surface area contributed by atoms with Crippen molar-refractivity contribution in [1.82, 2.24) is 0 Å². The lowest BCUT2D eigenvalue weighted by molar-refractivity contribution is 0.368. The Morgan fingerprint density at radius 2 is 1.63 bits per heavy atom. The summed E-state index contributed by atoms with van der Waals surface area (Å²) in [5.74, 6) is 1.78. The second-order valence-electron chi connectivity index (χ2n) is 6.26. The average Bonchev–Trinajstić information content (AvgIpc) is 2.38. The van der Waals surface area contributed by atoms with E-state index in [0.29, 0.717) is 0 Å². The zero-order valence-electron chi connectivity index (χ0n) is 13.0. The van der Waals surface area contributed by atoms with Crippen molar-refractivity contribution < 1.29 is 0 Å². The molecule has 0 fully saturated rings. The maximum absolute atomic E-state index is 5.71. The predicted molar refractivity (Wildman–Crippen MR) is 86.3 cm³/mol. The van der Waals surface area contributed by atoms with Gasteiger partial charge in [0.1, 0.15) is 0 Å². The molecule has 1 unspecified atom stereocenters. The molecule has 0 heterocycles. The number of anilines is 1.